The zero-order chi connectivity index (χ0) is 17.6. The molecule has 0 bridgehead atoms. The average Bonchev–Trinajstić information content (AvgIpc) is 2.56. The van der Waals surface area contributed by atoms with E-state index in [1.165, 1.54) is 64.7 Å². The van der Waals surface area contributed by atoms with E-state index in [1.807, 2.05) is 0 Å². The average molecular weight is 359 g/mol. The minimum Gasteiger partial charge on any atom is -0.461 e. The molecule has 142 valence electrons. The summed E-state index contributed by atoms with van der Waals surface area (Å²) in [6, 6.07) is 0. The van der Waals surface area contributed by atoms with Gasteiger partial charge in [-0.15, -0.1) is 0 Å². The molecule has 0 aromatic heterocycles. The molecule has 0 aliphatic heterocycles. The topological polar surface area (TPSA) is 43.4 Å². The second-order valence-corrected chi connectivity index (χ2v) is 9.01. The maximum atomic E-state index is 12.5. The van der Waals surface area contributed by atoms with E-state index >= 15 is 0 Å². The fourth-order valence-corrected chi connectivity index (χ4v) is 5.35. The van der Waals surface area contributed by atoms with Gasteiger partial charge in [0.25, 0.3) is 0 Å². The molecule has 0 aromatic carbocycles. The smallest absolute Gasteiger partial charge is 0.302 e. The molecule has 0 N–H and O–H groups in total. The summed E-state index contributed by atoms with van der Waals surface area (Å²) in [7, 11) is -0.843. The van der Waals surface area contributed by atoms with Crippen molar-refractivity contribution in [1.29, 1.82) is 0 Å². The number of hydrogen-bond donors (Lipinski definition) is 0. The van der Waals surface area contributed by atoms with Gasteiger partial charge in [0.05, 0.1) is 5.25 Å². The van der Waals surface area contributed by atoms with E-state index in [4.69, 9.17) is 4.74 Å². The number of hydrogen-bond acceptors (Lipinski definition) is 3. The Balaban J connectivity index is 2.07. The molecule has 1 rings (SSSR count). The molecule has 1 aliphatic rings. The monoisotopic (exact) mass is 358 g/mol. The van der Waals surface area contributed by atoms with Gasteiger partial charge in [-0.2, -0.15) is 0 Å². The van der Waals surface area contributed by atoms with Crippen LogP contribution in [0.3, 0.4) is 0 Å². The Morgan fingerprint density at radius 1 is 0.917 bits per heavy atom. The molecule has 1 fully saturated rings. The molecular formula is C20H38O3S. The van der Waals surface area contributed by atoms with Crippen LogP contribution in [0.2, 0.25) is 0 Å². The van der Waals surface area contributed by atoms with Crippen LogP contribution in [0.25, 0.3) is 0 Å². The van der Waals surface area contributed by atoms with E-state index < -0.39 is 10.8 Å². The Kier molecular flexibility index (Phi) is 12.5. The van der Waals surface area contributed by atoms with Crippen molar-refractivity contribution < 1.29 is 13.7 Å². The van der Waals surface area contributed by atoms with Crippen molar-refractivity contribution in [3.05, 3.63) is 0 Å². The lowest BCUT2D eigenvalue weighted by Crippen LogP contribution is -2.37. The lowest BCUT2D eigenvalue weighted by Gasteiger charge is -2.30. The Hall–Kier alpha value is -0.380. The van der Waals surface area contributed by atoms with E-state index in [1.54, 1.807) is 0 Å². The van der Waals surface area contributed by atoms with Gasteiger partial charge >= 0.3 is 5.97 Å². The first kappa shape index (κ1) is 21.7. The molecule has 0 aromatic rings. The number of ether oxygens (including phenoxy) is 1. The molecule has 0 amide bonds. The highest BCUT2D eigenvalue weighted by molar-refractivity contribution is 7.85. The minimum absolute atomic E-state index is 0.0706. The van der Waals surface area contributed by atoms with Crippen LogP contribution in [-0.4, -0.2) is 27.3 Å². The summed E-state index contributed by atoms with van der Waals surface area (Å²) in [5.74, 6) is 0.543. The van der Waals surface area contributed by atoms with Gasteiger partial charge in [0, 0.05) is 23.5 Å². The predicted molar refractivity (Wildman–Crippen MR) is 103 cm³/mol. The highest BCUT2D eigenvalue weighted by Crippen LogP contribution is 2.26. The third kappa shape index (κ3) is 9.80. The first-order valence-corrected chi connectivity index (χ1v) is 11.6. The first-order valence-electron chi connectivity index (χ1n) is 10.2. The van der Waals surface area contributed by atoms with E-state index in [-0.39, 0.29) is 17.3 Å². The third-order valence-electron chi connectivity index (χ3n) is 5.00. The molecule has 3 atom stereocenters. The molecule has 0 radical (unpaired) electrons. The zero-order valence-electron chi connectivity index (χ0n) is 15.9. The van der Waals surface area contributed by atoms with Gasteiger partial charge in [0.15, 0.2) is 0 Å². The Labute approximate surface area is 151 Å². The summed E-state index contributed by atoms with van der Waals surface area (Å²) in [5.41, 5.74) is 0. The molecule has 0 spiro atoms. The maximum Gasteiger partial charge on any atom is 0.302 e. The predicted octanol–water partition coefficient (Wildman–Crippen LogP) is 5.53. The van der Waals surface area contributed by atoms with Gasteiger partial charge in [-0.25, -0.2) is 0 Å². The normalized spacial score (nSPS) is 22.2. The summed E-state index contributed by atoms with van der Waals surface area (Å²) in [4.78, 5) is 11.2. The number of unbranched alkanes of at least 4 members (excludes halogenated alkanes) is 9. The van der Waals surface area contributed by atoms with E-state index in [9.17, 15) is 9.00 Å². The van der Waals surface area contributed by atoms with Gasteiger partial charge in [-0.1, -0.05) is 71.1 Å². The molecule has 0 saturated heterocycles. The number of carbonyl (C=O) groups is 1. The summed E-state index contributed by atoms with van der Waals surface area (Å²) in [6.07, 6.45) is 16.9. The fraction of sp³-hybridized carbons (Fsp3) is 0.950. The van der Waals surface area contributed by atoms with Crippen LogP contribution in [0.15, 0.2) is 0 Å². The van der Waals surface area contributed by atoms with Crippen LogP contribution in [0.1, 0.15) is 104 Å². The molecule has 0 heterocycles. The molecule has 1 saturated carbocycles. The molecule has 4 heteroatoms. The Bertz CT molecular complexity index is 357. The second kappa shape index (κ2) is 13.9. The summed E-state index contributed by atoms with van der Waals surface area (Å²) in [6.45, 7) is 3.71. The van der Waals surface area contributed by atoms with Gasteiger partial charge in [0.1, 0.15) is 6.10 Å². The summed E-state index contributed by atoms with van der Waals surface area (Å²) < 4.78 is 17.9. The molecule has 3 nitrogen and oxygen atoms in total. The largest absolute Gasteiger partial charge is 0.461 e. The second-order valence-electron chi connectivity index (χ2n) is 7.24. The molecule has 1 aliphatic carbocycles. The van der Waals surface area contributed by atoms with Crippen molar-refractivity contribution in [3.63, 3.8) is 0 Å². The van der Waals surface area contributed by atoms with Crippen molar-refractivity contribution in [2.75, 3.05) is 5.75 Å². The number of esters is 1. The Morgan fingerprint density at radius 2 is 1.46 bits per heavy atom. The van der Waals surface area contributed by atoms with Crippen molar-refractivity contribution in [1.82, 2.24) is 0 Å². The number of carbonyl (C=O) groups excluding carboxylic acids is 1. The van der Waals surface area contributed by atoms with E-state index in [0.29, 0.717) is 0 Å². The van der Waals surface area contributed by atoms with Crippen molar-refractivity contribution >= 4 is 16.8 Å². The fourth-order valence-electron chi connectivity index (χ4n) is 3.59. The quantitative estimate of drug-likeness (QED) is 0.321. The molecule has 0 unspecified atom stereocenters. The van der Waals surface area contributed by atoms with E-state index in [0.717, 1.165) is 37.9 Å². The van der Waals surface area contributed by atoms with Gasteiger partial charge in [0.2, 0.25) is 0 Å². The van der Waals surface area contributed by atoms with Crippen LogP contribution < -0.4 is 0 Å². The van der Waals surface area contributed by atoms with E-state index in [2.05, 4.69) is 6.92 Å². The highest BCUT2D eigenvalue weighted by atomic mass is 32.2. The highest BCUT2D eigenvalue weighted by Gasteiger charge is 2.31. The van der Waals surface area contributed by atoms with Crippen molar-refractivity contribution in [2.45, 2.75) is 115 Å². The van der Waals surface area contributed by atoms with Crippen LogP contribution in [-0.2, 0) is 20.3 Å². The maximum absolute atomic E-state index is 12.5. The van der Waals surface area contributed by atoms with Crippen LogP contribution in [0.4, 0.5) is 0 Å². The lowest BCUT2D eigenvalue weighted by molar-refractivity contribution is -0.147. The molecule has 24 heavy (non-hydrogen) atoms. The summed E-state index contributed by atoms with van der Waals surface area (Å²) in [5, 5.41) is 0.0706. The summed E-state index contributed by atoms with van der Waals surface area (Å²) >= 11 is 0. The van der Waals surface area contributed by atoms with Gasteiger partial charge in [-0.05, 0) is 25.7 Å². The third-order valence-corrected chi connectivity index (χ3v) is 6.90. The Morgan fingerprint density at radius 3 is 2.04 bits per heavy atom. The van der Waals surface area contributed by atoms with Gasteiger partial charge < -0.3 is 4.74 Å². The van der Waals surface area contributed by atoms with Crippen molar-refractivity contribution in [2.24, 2.45) is 0 Å². The zero-order valence-corrected chi connectivity index (χ0v) is 16.7. The SMILES string of the molecule is CCCCCCCCCCCC[S@@](=O)[C@@H]1CCCC[C@@H]1OC(C)=O. The van der Waals surface area contributed by atoms with Crippen LogP contribution in [0.5, 0.6) is 0 Å². The van der Waals surface area contributed by atoms with Crippen molar-refractivity contribution in [3.8, 4) is 0 Å². The van der Waals surface area contributed by atoms with Gasteiger partial charge in [-0.3, -0.25) is 9.00 Å². The number of rotatable bonds is 13. The lowest BCUT2D eigenvalue weighted by atomic mass is 9.97. The van der Waals surface area contributed by atoms with Crippen LogP contribution >= 0.6 is 0 Å². The molecular weight excluding hydrogens is 320 g/mol. The standard InChI is InChI=1S/C20H38O3S/c1-3-4-5-6-7-8-9-10-11-14-17-24(22)20-16-13-12-15-19(20)23-18(2)21/h19-20H,3-17H2,1-2H3/t19-,20+,24+/m0/s1. The minimum atomic E-state index is -0.843. The van der Waals surface area contributed by atoms with Crippen LogP contribution in [0, 0.1) is 0 Å². The first-order chi connectivity index (χ1) is 11.6.